The zero-order valence-corrected chi connectivity index (χ0v) is 12.7. The van der Waals surface area contributed by atoms with Gasteiger partial charge in [-0.3, -0.25) is 4.99 Å². The Labute approximate surface area is 134 Å². The third kappa shape index (κ3) is 2.28. The Morgan fingerprint density at radius 2 is 1.95 bits per heavy atom. The predicted octanol–water partition coefficient (Wildman–Crippen LogP) is 3.54. The summed E-state index contributed by atoms with van der Waals surface area (Å²) in [5.41, 5.74) is 5.32. The third-order valence-electron chi connectivity index (χ3n) is 3.90. The Bertz CT molecular complexity index is 781. The molecule has 0 amide bonds. The molecule has 0 atom stereocenters. The van der Waals surface area contributed by atoms with Crippen molar-refractivity contribution in [2.75, 3.05) is 19.7 Å². The van der Waals surface area contributed by atoms with Gasteiger partial charge in [0.1, 0.15) is 12.4 Å². The third-order valence-corrected chi connectivity index (χ3v) is 4.14. The molecular formula is C18H15ClN2O. The lowest BCUT2D eigenvalue weighted by Gasteiger charge is -2.24. The molecule has 22 heavy (non-hydrogen) atoms. The molecule has 0 saturated heterocycles. The van der Waals surface area contributed by atoms with Crippen LogP contribution in [0.15, 0.2) is 59.1 Å². The van der Waals surface area contributed by atoms with Crippen LogP contribution in [0.1, 0.15) is 11.1 Å². The summed E-state index contributed by atoms with van der Waals surface area (Å²) in [5.74, 6) is 0.866. The van der Waals surface area contributed by atoms with E-state index in [4.69, 9.17) is 21.3 Å². The predicted molar refractivity (Wildman–Crippen MR) is 89.7 cm³/mol. The first-order valence-electron chi connectivity index (χ1n) is 7.33. The number of ether oxygens (including phenoxy) is 1. The van der Waals surface area contributed by atoms with Crippen molar-refractivity contribution in [3.8, 4) is 5.75 Å². The molecule has 3 nitrogen and oxygen atoms in total. The Morgan fingerprint density at radius 1 is 1.09 bits per heavy atom. The number of hydrogen-bond donors (Lipinski definition) is 1. The van der Waals surface area contributed by atoms with Crippen LogP contribution < -0.4 is 10.1 Å². The summed E-state index contributed by atoms with van der Waals surface area (Å²) < 4.78 is 5.92. The van der Waals surface area contributed by atoms with Crippen molar-refractivity contribution in [3.05, 3.63) is 70.3 Å². The zero-order valence-electron chi connectivity index (χ0n) is 12.0. The van der Waals surface area contributed by atoms with E-state index in [1.54, 1.807) is 0 Å². The fourth-order valence-corrected chi connectivity index (χ4v) is 3.07. The molecule has 2 aliphatic rings. The van der Waals surface area contributed by atoms with Gasteiger partial charge in [-0.25, -0.2) is 0 Å². The monoisotopic (exact) mass is 310 g/mol. The van der Waals surface area contributed by atoms with Gasteiger partial charge in [-0.2, -0.15) is 0 Å². The molecule has 4 rings (SSSR count). The lowest BCUT2D eigenvalue weighted by atomic mass is 9.96. The zero-order chi connectivity index (χ0) is 14.9. The van der Waals surface area contributed by atoms with Crippen LogP contribution in [-0.4, -0.2) is 25.4 Å². The number of aliphatic imine (C=N–C) groups is 1. The Kier molecular flexibility index (Phi) is 3.35. The SMILES string of the molecule is Clc1ccc2c(c1)C1=C(CO2)C(c2ccccc2)=NCCN1. The fourth-order valence-electron chi connectivity index (χ4n) is 2.90. The van der Waals surface area contributed by atoms with E-state index in [0.29, 0.717) is 11.6 Å². The van der Waals surface area contributed by atoms with E-state index in [-0.39, 0.29) is 0 Å². The maximum atomic E-state index is 6.17. The van der Waals surface area contributed by atoms with Gasteiger partial charge in [0.15, 0.2) is 0 Å². The second-order valence-electron chi connectivity index (χ2n) is 5.31. The fraction of sp³-hybridized carbons (Fsp3) is 0.167. The number of benzene rings is 2. The molecule has 4 heteroatoms. The molecule has 110 valence electrons. The van der Waals surface area contributed by atoms with E-state index in [0.717, 1.165) is 46.9 Å². The summed E-state index contributed by atoms with van der Waals surface area (Å²) in [6.45, 7) is 2.07. The molecule has 2 aliphatic heterocycles. The average Bonchev–Trinajstić information content (AvgIpc) is 2.78. The van der Waals surface area contributed by atoms with Crippen molar-refractivity contribution in [2.45, 2.75) is 0 Å². The van der Waals surface area contributed by atoms with E-state index < -0.39 is 0 Å². The molecule has 2 aromatic carbocycles. The van der Waals surface area contributed by atoms with Crippen LogP contribution in [0.2, 0.25) is 5.02 Å². The average molecular weight is 311 g/mol. The molecule has 0 bridgehead atoms. The molecule has 0 saturated carbocycles. The Balaban J connectivity index is 1.89. The number of hydrogen-bond acceptors (Lipinski definition) is 3. The maximum Gasteiger partial charge on any atom is 0.129 e. The number of nitrogens with zero attached hydrogens (tertiary/aromatic N) is 1. The number of halogens is 1. The normalized spacial score (nSPS) is 16.7. The van der Waals surface area contributed by atoms with Gasteiger partial charge in [-0.15, -0.1) is 0 Å². The molecule has 0 fully saturated rings. The lowest BCUT2D eigenvalue weighted by molar-refractivity contribution is 0.351. The Hall–Kier alpha value is -2.26. The first-order valence-corrected chi connectivity index (χ1v) is 7.71. The van der Waals surface area contributed by atoms with Gasteiger partial charge >= 0.3 is 0 Å². The van der Waals surface area contributed by atoms with E-state index in [1.807, 2.05) is 36.4 Å². The standard InChI is InChI=1S/C18H15ClN2O/c19-13-6-7-16-14(10-13)18-15(11-22-16)17(20-8-9-21-18)12-4-2-1-3-5-12/h1-7,10,21H,8-9,11H2. The highest BCUT2D eigenvalue weighted by atomic mass is 35.5. The summed E-state index contributed by atoms with van der Waals surface area (Å²) >= 11 is 6.17. The molecule has 0 radical (unpaired) electrons. The van der Waals surface area contributed by atoms with Gasteiger partial charge in [0.05, 0.1) is 18.0 Å². The molecule has 0 aromatic heterocycles. The minimum atomic E-state index is 0.519. The minimum Gasteiger partial charge on any atom is -0.488 e. The van der Waals surface area contributed by atoms with Crippen LogP contribution >= 0.6 is 11.6 Å². The number of rotatable bonds is 1. The summed E-state index contributed by atoms with van der Waals surface area (Å²) in [5, 5.41) is 4.20. The van der Waals surface area contributed by atoms with Gasteiger partial charge in [0.25, 0.3) is 0 Å². The maximum absolute atomic E-state index is 6.17. The second-order valence-corrected chi connectivity index (χ2v) is 5.74. The topological polar surface area (TPSA) is 33.6 Å². The van der Waals surface area contributed by atoms with E-state index >= 15 is 0 Å². The van der Waals surface area contributed by atoms with Crippen LogP contribution in [0.4, 0.5) is 0 Å². The molecule has 2 aromatic rings. The first kappa shape index (κ1) is 13.4. The van der Waals surface area contributed by atoms with E-state index in [2.05, 4.69) is 17.4 Å². The van der Waals surface area contributed by atoms with Crippen molar-refractivity contribution in [2.24, 2.45) is 4.99 Å². The van der Waals surface area contributed by atoms with E-state index in [9.17, 15) is 0 Å². The summed E-state index contributed by atoms with van der Waals surface area (Å²) in [6.07, 6.45) is 0. The molecule has 0 spiro atoms. The first-order chi connectivity index (χ1) is 10.8. The van der Waals surface area contributed by atoms with Gasteiger partial charge < -0.3 is 10.1 Å². The van der Waals surface area contributed by atoms with Gasteiger partial charge in [0.2, 0.25) is 0 Å². The molecule has 2 heterocycles. The van der Waals surface area contributed by atoms with Crippen molar-refractivity contribution >= 4 is 23.0 Å². The van der Waals surface area contributed by atoms with Crippen molar-refractivity contribution in [1.82, 2.24) is 5.32 Å². The van der Waals surface area contributed by atoms with Crippen molar-refractivity contribution < 1.29 is 4.74 Å². The summed E-state index contributed by atoms with van der Waals surface area (Å²) in [7, 11) is 0. The molecule has 0 aliphatic carbocycles. The number of nitrogens with one attached hydrogen (secondary N) is 1. The molecule has 0 unspecified atom stereocenters. The van der Waals surface area contributed by atoms with Crippen molar-refractivity contribution in [3.63, 3.8) is 0 Å². The van der Waals surface area contributed by atoms with E-state index in [1.165, 1.54) is 0 Å². The molecular weight excluding hydrogens is 296 g/mol. The summed E-state index contributed by atoms with van der Waals surface area (Å²) in [6, 6.07) is 16.0. The number of fused-ring (bicyclic) bond motifs is 2. The lowest BCUT2D eigenvalue weighted by Crippen LogP contribution is -2.24. The van der Waals surface area contributed by atoms with Crippen LogP contribution in [0.5, 0.6) is 5.75 Å². The Morgan fingerprint density at radius 3 is 2.82 bits per heavy atom. The second kappa shape index (κ2) is 5.50. The largest absolute Gasteiger partial charge is 0.488 e. The van der Waals surface area contributed by atoms with Crippen LogP contribution in [0, 0.1) is 0 Å². The van der Waals surface area contributed by atoms with Gasteiger partial charge in [0, 0.05) is 28.3 Å². The van der Waals surface area contributed by atoms with Crippen LogP contribution in [0.3, 0.4) is 0 Å². The van der Waals surface area contributed by atoms with Gasteiger partial charge in [-0.05, 0) is 18.2 Å². The smallest absolute Gasteiger partial charge is 0.129 e. The van der Waals surface area contributed by atoms with Crippen LogP contribution in [0.25, 0.3) is 5.70 Å². The highest BCUT2D eigenvalue weighted by Gasteiger charge is 2.25. The summed E-state index contributed by atoms with van der Waals surface area (Å²) in [4.78, 5) is 4.76. The van der Waals surface area contributed by atoms with Gasteiger partial charge in [-0.1, -0.05) is 41.9 Å². The van der Waals surface area contributed by atoms with Crippen molar-refractivity contribution in [1.29, 1.82) is 0 Å². The minimum absolute atomic E-state index is 0.519. The highest BCUT2D eigenvalue weighted by Crippen LogP contribution is 2.35. The highest BCUT2D eigenvalue weighted by molar-refractivity contribution is 6.31. The quantitative estimate of drug-likeness (QED) is 0.874. The van der Waals surface area contributed by atoms with Crippen LogP contribution in [-0.2, 0) is 0 Å². The molecule has 1 N–H and O–H groups in total.